The fourth-order valence-corrected chi connectivity index (χ4v) is 5.69. The van der Waals surface area contributed by atoms with E-state index in [1.165, 1.54) is 0 Å². The van der Waals surface area contributed by atoms with Gasteiger partial charge in [-0.3, -0.25) is 4.79 Å². The number of sulfonamides is 1. The summed E-state index contributed by atoms with van der Waals surface area (Å²) in [5.41, 5.74) is 2.71. The van der Waals surface area contributed by atoms with Crippen LogP contribution in [0.5, 0.6) is 0 Å². The summed E-state index contributed by atoms with van der Waals surface area (Å²) in [7, 11) is -2.13. The van der Waals surface area contributed by atoms with Gasteiger partial charge >= 0.3 is 0 Å². The van der Waals surface area contributed by atoms with E-state index >= 15 is 0 Å². The third-order valence-corrected chi connectivity index (χ3v) is 7.75. The van der Waals surface area contributed by atoms with Gasteiger partial charge in [0.2, 0.25) is 21.9 Å². The molecule has 1 aliphatic heterocycles. The van der Waals surface area contributed by atoms with E-state index in [9.17, 15) is 13.2 Å². The minimum atomic E-state index is -3.67. The van der Waals surface area contributed by atoms with Crippen LogP contribution < -0.4 is 15.4 Å². The Bertz CT molecular complexity index is 1290. The maximum atomic E-state index is 12.8. The zero-order valence-corrected chi connectivity index (χ0v) is 21.3. The molecule has 2 heterocycles. The quantitative estimate of drug-likeness (QED) is 0.489. The normalized spacial score (nSPS) is 20.2. The van der Waals surface area contributed by atoms with Crippen LogP contribution in [0.1, 0.15) is 25.8 Å². The van der Waals surface area contributed by atoms with Gasteiger partial charge in [0.1, 0.15) is 0 Å². The Morgan fingerprint density at radius 2 is 2.14 bits per heavy atom. The number of carbonyl (C=O) groups is 1. The minimum Gasteiger partial charge on any atom is -0.383 e. The zero-order chi connectivity index (χ0) is 25.2. The van der Waals surface area contributed by atoms with Gasteiger partial charge in [0, 0.05) is 35.5 Å². The molecule has 2 aliphatic rings. The topological polar surface area (TPSA) is 122 Å². The van der Waals surface area contributed by atoms with Crippen molar-refractivity contribution in [3.8, 4) is 11.3 Å². The molecule has 9 nitrogen and oxygen atoms in total. The highest BCUT2D eigenvalue weighted by atomic mass is 35.5. The number of anilines is 2. The number of benzene rings is 1. The van der Waals surface area contributed by atoms with Crippen molar-refractivity contribution in [1.29, 1.82) is 0 Å². The number of fused-ring (bicyclic) bond motifs is 3. The molecule has 1 amide bonds. The van der Waals surface area contributed by atoms with Gasteiger partial charge in [0.15, 0.2) is 0 Å². The van der Waals surface area contributed by atoms with Crippen LogP contribution in [0.25, 0.3) is 11.3 Å². The maximum Gasteiger partial charge on any atom is 0.240 e. The molecule has 186 valence electrons. The van der Waals surface area contributed by atoms with Gasteiger partial charge in [-0.25, -0.2) is 23.1 Å². The second-order valence-electron chi connectivity index (χ2n) is 8.62. The van der Waals surface area contributed by atoms with Crippen molar-refractivity contribution < 1.29 is 17.9 Å². The summed E-state index contributed by atoms with van der Waals surface area (Å²) in [5, 5.41) is 6.65. The van der Waals surface area contributed by atoms with E-state index in [0.717, 1.165) is 5.56 Å². The second-order valence-corrected chi connectivity index (χ2v) is 10.8. The first kappa shape index (κ1) is 25.3. The van der Waals surface area contributed by atoms with E-state index in [-0.39, 0.29) is 35.2 Å². The Morgan fingerprint density at radius 3 is 2.86 bits per heavy atom. The molecule has 3 N–H and O–H groups in total. The third-order valence-electron chi connectivity index (χ3n) is 5.98. The van der Waals surface area contributed by atoms with E-state index in [2.05, 4.69) is 25.3 Å². The lowest BCUT2D eigenvalue weighted by Gasteiger charge is -2.25. The largest absolute Gasteiger partial charge is 0.383 e. The van der Waals surface area contributed by atoms with E-state index in [1.54, 1.807) is 43.7 Å². The number of nitrogens with zero attached hydrogens (tertiary/aromatic N) is 2. The molecule has 0 radical (unpaired) electrons. The summed E-state index contributed by atoms with van der Waals surface area (Å²) in [6.45, 7) is 4.13. The summed E-state index contributed by atoms with van der Waals surface area (Å²) in [5.74, 6) is 0.0685. The zero-order valence-electron chi connectivity index (χ0n) is 19.7. The first-order valence-corrected chi connectivity index (χ1v) is 13.2. The Morgan fingerprint density at radius 1 is 1.34 bits per heavy atom. The number of hydrogen-bond acceptors (Lipinski definition) is 7. The number of aromatic nitrogens is 2. The number of rotatable bonds is 8. The SMILES string of the molecule is CCC(COC)NS(=O)(=O)C1=CC(C)C(Nc2ncc3c(n2)-c2ccc(Cl)cc2NC(=O)C3)C=C1. The lowest BCUT2D eigenvalue weighted by atomic mass is 9.97. The molecular formula is C24H28ClN5O4S. The molecule has 0 saturated carbocycles. The van der Waals surface area contributed by atoms with Gasteiger partial charge in [-0.15, -0.1) is 0 Å². The van der Waals surface area contributed by atoms with E-state index in [1.807, 2.05) is 19.9 Å². The number of ether oxygens (including phenoxy) is 1. The highest BCUT2D eigenvalue weighted by Crippen LogP contribution is 2.35. The second kappa shape index (κ2) is 10.4. The van der Waals surface area contributed by atoms with Gasteiger partial charge in [0.25, 0.3) is 0 Å². The number of methoxy groups -OCH3 is 1. The number of allylic oxidation sites excluding steroid dienone is 1. The fraction of sp³-hybridized carbons (Fsp3) is 0.375. The molecule has 0 saturated heterocycles. The Kier molecular flexibility index (Phi) is 7.56. The summed E-state index contributed by atoms with van der Waals surface area (Å²) in [6.07, 6.45) is 7.51. The Hall–Kier alpha value is -2.79. The molecule has 3 unspecified atom stereocenters. The molecule has 35 heavy (non-hydrogen) atoms. The lowest BCUT2D eigenvalue weighted by Crippen LogP contribution is -2.39. The molecule has 1 aromatic heterocycles. The maximum absolute atomic E-state index is 12.8. The smallest absolute Gasteiger partial charge is 0.240 e. The highest BCUT2D eigenvalue weighted by molar-refractivity contribution is 7.93. The number of amides is 1. The molecule has 4 rings (SSSR count). The first-order chi connectivity index (χ1) is 16.7. The average Bonchev–Trinajstić information content (AvgIpc) is 2.94. The van der Waals surface area contributed by atoms with Crippen LogP contribution in [0.3, 0.4) is 0 Å². The van der Waals surface area contributed by atoms with Crippen LogP contribution >= 0.6 is 11.6 Å². The van der Waals surface area contributed by atoms with Gasteiger partial charge in [0.05, 0.1) is 35.4 Å². The number of hydrogen-bond donors (Lipinski definition) is 3. The summed E-state index contributed by atoms with van der Waals surface area (Å²) >= 11 is 6.11. The molecule has 0 fully saturated rings. The predicted molar refractivity (Wildman–Crippen MR) is 137 cm³/mol. The van der Waals surface area contributed by atoms with E-state index in [0.29, 0.717) is 40.9 Å². The van der Waals surface area contributed by atoms with Crippen LogP contribution in [-0.4, -0.2) is 50.1 Å². The number of nitrogens with one attached hydrogen (secondary N) is 3. The predicted octanol–water partition coefficient (Wildman–Crippen LogP) is 3.51. The van der Waals surface area contributed by atoms with E-state index < -0.39 is 10.0 Å². The van der Waals surface area contributed by atoms with Crippen LogP contribution in [0, 0.1) is 5.92 Å². The Labute approximate surface area is 210 Å². The van der Waals surface area contributed by atoms with Crippen molar-refractivity contribution in [2.24, 2.45) is 5.92 Å². The lowest BCUT2D eigenvalue weighted by molar-refractivity contribution is -0.115. The third kappa shape index (κ3) is 5.72. The van der Waals surface area contributed by atoms with Crippen LogP contribution in [0.15, 0.2) is 47.5 Å². The van der Waals surface area contributed by atoms with Gasteiger partial charge < -0.3 is 15.4 Å². The van der Waals surface area contributed by atoms with Gasteiger partial charge in [-0.1, -0.05) is 37.6 Å². The van der Waals surface area contributed by atoms with Crippen molar-refractivity contribution in [2.45, 2.75) is 38.8 Å². The summed E-state index contributed by atoms with van der Waals surface area (Å²) in [4.78, 5) is 21.6. The molecule has 0 spiro atoms. The summed E-state index contributed by atoms with van der Waals surface area (Å²) < 4.78 is 33.4. The highest BCUT2D eigenvalue weighted by Gasteiger charge is 2.27. The van der Waals surface area contributed by atoms with Crippen molar-refractivity contribution in [3.63, 3.8) is 0 Å². The fourth-order valence-electron chi connectivity index (χ4n) is 4.06. The molecule has 1 aromatic carbocycles. The standard InChI is InChI=1S/C24H28ClN5O4S/c1-4-17(13-34-3)30-35(32,33)18-6-8-20(14(2)9-18)28-24-26-12-15-10-22(31)27-21-11-16(25)5-7-19(21)23(15)29-24/h5-9,11-12,14,17,20,30H,4,10,13H2,1-3H3,(H,27,31)(H,26,28,29). The molecular weight excluding hydrogens is 490 g/mol. The molecule has 1 aliphatic carbocycles. The average molecular weight is 518 g/mol. The van der Waals surface area contributed by atoms with Crippen molar-refractivity contribution in [2.75, 3.05) is 24.4 Å². The van der Waals surface area contributed by atoms with Crippen molar-refractivity contribution >= 4 is 39.2 Å². The molecule has 2 aromatic rings. The van der Waals surface area contributed by atoms with Crippen molar-refractivity contribution in [1.82, 2.24) is 14.7 Å². The number of carbonyl (C=O) groups excluding carboxylic acids is 1. The number of halogens is 1. The van der Waals surface area contributed by atoms with Crippen LogP contribution in [0.4, 0.5) is 11.6 Å². The minimum absolute atomic E-state index is 0.147. The van der Waals surface area contributed by atoms with Gasteiger partial charge in [-0.05, 0) is 36.6 Å². The Balaban J connectivity index is 1.54. The first-order valence-electron chi connectivity index (χ1n) is 11.3. The molecule has 0 bridgehead atoms. The van der Waals surface area contributed by atoms with E-state index in [4.69, 9.17) is 16.3 Å². The monoisotopic (exact) mass is 517 g/mol. The van der Waals surface area contributed by atoms with Crippen LogP contribution in [-0.2, 0) is 26.0 Å². The van der Waals surface area contributed by atoms with Crippen molar-refractivity contribution in [3.05, 3.63) is 58.1 Å². The van der Waals surface area contributed by atoms with Gasteiger partial charge in [-0.2, -0.15) is 0 Å². The van der Waals surface area contributed by atoms with Crippen LogP contribution in [0.2, 0.25) is 5.02 Å². The molecule has 11 heteroatoms. The summed E-state index contributed by atoms with van der Waals surface area (Å²) in [6, 6.07) is 4.75. The molecule has 3 atom stereocenters.